The van der Waals surface area contributed by atoms with Crippen LogP contribution in [0, 0.1) is 6.92 Å². The van der Waals surface area contributed by atoms with Gasteiger partial charge in [-0.25, -0.2) is 5.48 Å². The van der Waals surface area contributed by atoms with Crippen molar-refractivity contribution in [2.75, 3.05) is 12.8 Å². The number of benzene rings is 1. The van der Waals surface area contributed by atoms with Crippen molar-refractivity contribution < 1.29 is 14.8 Å². The zero-order valence-corrected chi connectivity index (χ0v) is 15.2. The monoisotopic (exact) mass is 364 g/mol. The summed E-state index contributed by atoms with van der Waals surface area (Å²) in [5.41, 5.74) is 3.31. The summed E-state index contributed by atoms with van der Waals surface area (Å²) in [7, 11) is 0. The van der Waals surface area contributed by atoms with Crippen molar-refractivity contribution in [3.63, 3.8) is 0 Å². The third kappa shape index (κ3) is 4.83. The van der Waals surface area contributed by atoms with Gasteiger partial charge in [0.1, 0.15) is 0 Å². The van der Waals surface area contributed by atoms with Gasteiger partial charge < -0.3 is 5.32 Å². The molecule has 1 aromatic heterocycles. The van der Waals surface area contributed by atoms with Crippen LogP contribution in [0.1, 0.15) is 21.7 Å². The lowest BCUT2D eigenvalue weighted by molar-refractivity contribution is -0.128. The van der Waals surface area contributed by atoms with E-state index in [2.05, 4.69) is 24.4 Å². The van der Waals surface area contributed by atoms with E-state index in [-0.39, 0.29) is 11.2 Å². The van der Waals surface area contributed by atoms with Gasteiger partial charge in [0.25, 0.3) is 11.8 Å². The van der Waals surface area contributed by atoms with Crippen molar-refractivity contribution in [3.8, 4) is 10.4 Å². The Hall–Kier alpha value is -1.83. The molecule has 1 aromatic carbocycles. The summed E-state index contributed by atoms with van der Waals surface area (Å²) in [5, 5.41) is 11.1. The SMILES string of the molecule is CSC(CCNC(=O)c1ccc(-c2ccc(C)s2)cc1)C(=O)NO. The molecule has 24 heavy (non-hydrogen) atoms. The molecule has 0 aliphatic carbocycles. The fraction of sp³-hybridized carbons (Fsp3) is 0.294. The van der Waals surface area contributed by atoms with Crippen LogP contribution in [0.15, 0.2) is 36.4 Å². The van der Waals surface area contributed by atoms with Gasteiger partial charge in [0.15, 0.2) is 0 Å². The summed E-state index contributed by atoms with van der Waals surface area (Å²) in [6.07, 6.45) is 2.23. The highest BCUT2D eigenvalue weighted by molar-refractivity contribution is 7.99. The van der Waals surface area contributed by atoms with E-state index in [9.17, 15) is 9.59 Å². The lowest BCUT2D eigenvalue weighted by Crippen LogP contribution is -2.34. The highest BCUT2D eigenvalue weighted by Gasteiger charge is 2.16. The molecule has 0 saturated heterocycles. The van der Waals surface area contributed by atoms with Crippen LogP contribution in [-0.4, -0.2) is 35.1 Å². The molecule has 1 atom stereocenters. The standard InChI is InChI=1S/C17H20N2O3S2/c1-11-3-8-14(24-11)12-4-6-13(7-5-12)16(20)18-10-9-15(23-2)17(21)19-22/h3-8,15,22H,9-10H2,1-2H3,(H,18,20)(H,19,21). The third-order valence-electron chi connectivity index (χ3n) is 3.55. The van der Waals surface area contributed by atoms with E-state index in [1.165, 1.54) is 21.5 Å². The predicted molar refractivity (Wildman–Crippen MR) is 98.7 cm³/mol. The summed E-state index contributed by atoms with van der Waals surface area (Å²) in [4.78, 5) is 25.9. The van der Waals surface area contributed by atoms with Crippen molar-refractivity contribution in [3.05, 3.63) is 46.8 Å². The molecule has 128 valence electrons. The molecule has 2 aromatic rings. The topological polar surface area (TPSA) is 78.4 Å². The number of carbonyl (C=O) groups excluding carboxylic acids is 2. The molecule has 2 amide bonds. The van der Waals surface area contributed by atoms with E-state index >= 15 is 0 Å². The van der Waals surface area contributed by atoms with E-state index < -0.39 is 5.91 Å². The number of thiophene rings is 1. The second-order valence-electron chi connectivity index (χ2n) is 5.23. The van der Waals surface area contributed by atoms with Gasteiger partial charge in [0, 0.05) is 21.9 Å². The number of nitrogens with one attached hydrogen (secondary N) is 2. The molecule has 0 bridgehead atoms. The van der Waals surface area contributed by atoms with Gasteiger partial charge in [-0.2, -0.15) is 11.8 Å². The van der Waals surface area contributed by atoms with Gasteiger partial charge >= 0.3 is 0 Å². The van der Waals surface area contributed by atoms with Gasteiger partial charge in [0.2, 0.25) is 0 Å². The Labute approximate surface area is 149 Å². The molecule has 0 fully saturated rings. The summed E-state index contributed by atoms with van der Waals surface area (Å²) in [6.45, 7) is 2.43. The van der Waals surface area contributed by atoms with Crippen LogP contribution < -0.4 is 10.8 Å². The van der Waals surface area contributed by atoms with Crippen molar-refractivity contribution >= 4 is 34.9 Å². The second kappa shape index (κ2) is 8.86. The molecule has 1 heterocycles. The fourth-order valence-corrected chi connectivity index (χ4v) is 3.72. The smallest absolute Gasteiger partial charge is 0.256 e. The third-order valence-corrected chi connectivity index (χ3v) is 5.62. The number of carbonyl (C=O) groups is 2. The first-order valence-corrected chi connectivity index (χ1v) is 9.57. The van der Waals surface area contributed by atoms with Crippen LogP contribution in [0.4, 0.5) is 0 Å². The van der Waals surface area contributed by atoms with Crippen LogP contribution in [0.2, 0.25) is 0 Å². The van der Waals surface area contributed by atoms with Crippen LogP contribution in [0.3, 0.4) is 0 Å². The molecule has 0 saturated carbocycles. The first-order valence-electron chi connectivity index (χ1n) is 7.47. The summed E-state index contributed by atoms with van der Waals surface area (Å²) < 4.78 is 0. The number of amides is 2. The fourth-order valence-electron chi connectivity index (χ4n) is 2.22. The Morgan fingerprint density at radius 3 is 2.46 bits per heavy atom. The average Bonchev–Trinajstić information content (AvgIpc) is 3.04. The molecule has 0 spiro atoms. The zero-order valence-electron chi connectivity index (χ0n) is 13.5. The maximum Gasteiger partial charge on any atom is 0.256 e. The van der Waals surface area contributed by atoms with Gasteiger partial charge in [-0.05, 0) is 49.4 Å². The van der Waals surface area contributed by atoms with Gasteiger partial charge in [-0.15, -0.1) is 11.3 Å². The normalized spacial score (nSPS) is 11.8. The van der Waals surface area contributed by atoms with Crippen LogP contribution in [0.25, 0.3) is 10.4 Å². The Balaban J connectivity index is 1.90. The highest BCUT2D eigenvalue weighted by Crippen LogP contribution is 2.27. The molecular weight excluding hydrogens is 344 g/mol. The maximum absolute atomic E-state index is 12.1. The highest BCUT2D eigenvalue weighted by atomic mass is 32.2. The van der Waals surface area contributed by atoms with Crippen molar-refractivity contribution in [2.45, 2.75) is 18.6 Å². The van der Waals surface area contributed by atoms with E-state index in [0.717, 1.165) is 5.56 Å². The molecule has 0 aliphatic heterocycles. The quantitative estimate of drug-likeness (QED) is 0.521. The Bertz CT molecular complexity index is 698. The average molecular weight is 364 g/mol. The van der Waals surface area contributed by atoms with Gasteiger partial charge in [-0.3, -0.25) is 14.8 Å². The van der Waals surface area contributed by atoms with Crippen molar-refractivity contribution in [1.82, 2.24) is 10.8 Å². The number of hydrogen-bond donors (Lipinski definition) is 3. The molecule has 0 radical (unpaired) electrons. The minimum Gasteiger partial charge on any atom is -0.352 e. The van der Waals surface area contributed by atoms with Gasteiger partial charge in [0.05, 0.1) is 5.25 Å². The minimum absolute atomic E-state index is 0.173. The first-order chi connectivity index (χ1) is 11.5. The summed E-state index contributed by atoms with van der Waals surface area (Å²) >= 11 is 3.05. The van der Waals surface area contributed by atoms with Crippen LogP contribution in [-0.2, 0) is 4.79 Å². The minimum atomic E-state index is -0.452. The van der Waals surface area contributed by atoms with Crippen molar-refractivity contribution in [2.24, 2.45) is 0 Å². The largest absolute Gasteiger partial charge is 0.352 e. The molecule has 2 rings (SSSR count). The maximum atomic E-state index is 12.1. The number of aryl methyl sites for hydroxylation is 1. The van der Waals surface area contributed by atoms with Crippen LogP contribution >= 0.6 is 23.1 Å². The van der Waals surface area contributed by atoms with E-state index in [4.69, 9.17) is 5.21 Å². The van der Waals surface area contributed by atoms with E-state index in [0.29, 0.717) is 18.5 Å². The number of hydroxylamine groups is 1. The molecule has 7 heteroatoms. The van der Waals surface area contributed by atoms with E-state index in [1.54, 1.807) is 35.2 Å². The molecule has 0 aliphatic rings. The summed E-state index contributed by atoms with van der Waals surface area (Å²) in [5.74, 6) is -0.625. The Morgan fingerprint density at radius 2 is 1.92 bits per heavy atom. The first kappa shape index (κ1) is 18.5. The van der Waals surface area contributed by atoms with E-state index in [1.807, 2.05) is 12.1 Å². The molecule has 5 nitrogen and oxygen atoms in total. The number of hydrogen-bond acceptors (Lipinski definition) is 5. The number of rotatable bonds is 7. The predicted octanol–water partition coefficient (Wildman–Crippen LogP) is 3.08. The lowest BCUT2D eigenvalue weighted by atomic mass is 10.1. The molecular formula is C17H20N2O3S2. The molecule has 1 unspecified atom stereocenters. The number of thioether (sulfide) groups is 1. The Morgan fingerprint density at radius 1 is 1.21 bits per heavy atom. The van der Waals surface area contributed by atoms with Crippen LogP contribution in [0.5, 0.6) is 0 Å². The lowest BCUT2D eigenvalue weighted by Gasteiger charge is -2.12. The zero-order chi connectivity index (χ0) is 17.5. The summed E-state index contributed by atoms with van der Waals surface area (Å²) in [6, 6.07) is 11.6. The van der Waals surface area contributed by atoms with Crippen molar-refractivity contribution in [1.29, 1.82) is 0 Å². The second-order valence-corrected chi connectivity index (χ2v) is 7.56. The van der Waals surface area contributed by atoms with Gasteiger partial charge in [-0.1, -0.05) is 12.1 Å². The molecule has 3 N–H and O–H groups in total. The Kier molecular flexibility index (Phi) is 6.84.